The van der Waals surface area contributed by atoms with Crippen molar-refractivity contribution in [3.63, 3.8) is 0 Å². The molecular weight excluding hydrogens is 333 g/mol. The van der Waals surface area contributed by atoms with Crippen LogP contribution in [-0.4, -0.2) is 51.5 Å². The second-order valence-corrected chi connectivity index (χ2v) is 7.35. The maximum atomic E-state index is 13.3. The number of piperidine rings is 1. The first-order valence-corrected chi connectivity index (χ1v) is 9.34. The van der Waals surface area contributed by atoms with E-state index in [2.05, 4.69) is 15.6 Å². The first-order valence-electron chi connectivity index (χ1n) is 9.34. The third kappa shape index (κ3) is 4.27. The number of benzene rings is 1. The molecule has 7 heteroatoms. The molecule has 138 valence electrons. The number of hydrogen-bond donors (Lipinski definition) is 1. The van der Waals surface area contributed by atoms with Gasteiger partial charge in [-0.05, 0) is 55.8 Å². The minimum absolute atomic E-state index is 0.0730. The number of nitrogens with one attached hydrogen (secondary N) is 1. The van der Waals surface area contributed by atoms with Gasteiger partial charge in [0.1, 0.15) is 5.82 Å². The lowest BCUT2D eigenvalue weighted by atomic mass is 10.0. The number of likely N-dealkylation sites (tertiary alicyclic amines) is 1. The molecule has 4 rings (SSSR count). The minimum Gasteiger partial charge on any atom is -0.337 e. The molecule has 26 heavy (non-hydrogen) atoms. The molecular formula is C19H24FN5O. The Balaban J connectivity index is 1.30. The number of carbonyl (C=O) groups is 1. The second-order valence-electron chi connectivity index (χ2n) is 7.35. The van der Waals surface area contributed by atoms with E-state index >= 15 is 0 Å². The molecule has 0 radical (unpaired) electrons. The highest BCUT2D eigenvalue weighted by Gasteiger charge is 2.27. The normalized spacial score (nSPS) is 18.3. The van der Waals surface area contributed by atoms with Gasteiger partial charge in [0.25, 0.3) is 5.91 Å². The van der Waals surface area contributed by atoms with Gasteiger partial charge in [-0.2, -0.15) is 0 Å². The maximum Gasteiger partial charge on any atom is 0.276 e. The Bertz CT molecular complexity index is 765. The van der Waals surface area contributed by atoms with Crippen molar-refractivity contribution in [3.8, 4) is 0 Å². The molecule has 0 atom stereocenters. The van der Waals surface area contributed by atoms with Crippen LogP contribution in [0.2, 0.25) is 0 Å². The molecule has 2 aliphatic rings. The summed E-state index contributed by atoms with van der Waals surface area (Å²) < 4.78 is 14.8. The number of aromatic nitrogens is 3. The van der Waals surface area contributed by atoms with Crippen molar-refractivity contribution in [2.45, 2.75) is 38.3 Å². The van der Waals surface area contributed by atoms with Crippen molar-refractivity contribution >= 4 is 5.91 Å². The lowest BCUT2D eigenvalue weighted by molar-refractivity contribution is 0.0699. The summed E-state index contributed by atoms with van der Waals surface area (Å²) >= 11 is 0. The van der Waals surface area contributed by atoms with E-state index in [0.717, 1.165) is 44.0 Å². The van der Waals surface area contributed by atoms with Crippen LogP contribution in [0.25, 0.3) is 0 Å². The number of halogens is 1. The highest BCUT2D eigenvalue weighted by molar-refractivity contribution is 5.92. The Kier molecular flexibility index (Phi) is 4.97. The van der Waals surface area contributed by atoms with Crippen LogP contribution in [0.4, 0.5) is 4.39 Å². The monoisotopic (exact) mass is 357 g/mol. The van der Waals surface area contributed by atoms with Gasteiger partial charge in [-0.3, -0.25) is 4.79 Å². The molecule has 0 spiro atoms. The van der Waals surface area contributed by atoms with Crippen molar-refractivity contribution in [2.24, 2.45) is 5.92 Å². The second kappa shape index (κ2) is 7.53. The maximum absolute atomic E-state index is 13.3. The lowest BCUT2D eigenvalue weighted by Crippen LogP contribution is -2.45. The summed E-state index contributed by atoms with van der Waals surface area (Å²) in [7, 11) is 0. The average molecular weight is 357 g/mol. The van der Waals surface area contributed by atoms with Crippen LogP contribution < -0.4 is 5.32 Å². The Morgan fingerprint density at radius 3 is 2.77 bits per heavy atom. The van der Waals surface area contributed by atoms with Gasteiger partial charge in [0.2, 0.25) is 0 Å². The highest BCUT2D eigenvalue weighted by atomic mass is 19.1. The van der Waals surface area contributed by atoms with Crippen LogP contribution in [0.1, 0.15) is 41.7 Å². The van der Waals surface area contributed by atoms with Crippen LogP contribution >= 0.6 is 0 Å². The van der Waals surface area contributed by atoms with Crippen molar-refractivity contribution in [3.05, 3.63) is 47.5 Å². The Morgan fingerprint density at radius 1 is 1.23 bits per heavy atom. The van der Waals surface area contributed by atoms with Gasteiger partial charge in [0, 0.05) is 19.1 Å². The van der Waals surface area contributed by atoms with E-state index in [1.165, 1.54) is 25.0 Å². The lowest BCUT2D eigenvalue weighted by Gasteiger charge is -2.32. The standard InChI is InChI=1S/C19H24FN5O/c20-16-3-1-2-15(10-16)12-25-13-18(22-23-25)19(26)24-8-6-17(7-9-24)21-11-14-4-5-14/h1-3,10,13-14,17,21H,4-9,11-12H2. The Labute approximate surface area is 152 Å². The molecule has 1 N–H and O–H groups in total. The Hall–Kier alpha value is -2.28. The fraction of sp³-hybridized carbons (Fsp3) is 0.526. The third-order valence-electron chi connectivity index (χ3n) is 5.17. The topological polar surface area (TPSA) is 63.1 Å². The van der Waals surface area contributed by atoms with Gasteiger partial charge in [-0.25, -0.2) is 9.07 Å². The quantitative estimate of drug-likeness (QED) is 0.860. The van der Waals surface area contributed by atoms with E-state index in [9.17, 15) is 9.18 Å². The number of hydrogen-bond acceptors (Lipinski definition) is 4. The first-order chi connectivity index (χ1) is 12.7. The van der Waals surface area contributed by atoms with Crippen LogP contribution in [0, 0.1) is 11.7 Å². The predicted octanol–water partition coefficient (Wildman–Crippen LogP) is 2.07. The summed E-state index contributed by atoms with van der Waals surface area (Å²) in [5.74, 6) is 0.524. The van der Waals surface area contributed by atoms with Crippen molar-refractivity contribution in [2.75, 3.05) is 19.6 Å². The van der Waals surface area contributed by atoms with E-state index in [-0.39, 0.29) is 11.7 Å². The van der Waals surface area contributed by atoms with Crippen molar-refractivity contribution in [1.82, 2.24) is 25.2 Å². The van der Waals surface area contributed by atoms with E-state index in [1.54, 1.807) is 16.9 Å². The molecule has 1 saturated heterocycles. The number of amides is 1. The molecule has 1 saturated carbocycles. The first kappa shape index (κ1) is 17.1. The van der Waals surface area contributed by atoms with Crippen molar-refractivity contribution < 1.29 is 9.18 Å². The number of rotatable bonds is 6. The summed E-state index contributed by atoms with van der Waals surface area (Å²) in [6.07, 6.45) is 6.32. The summed E-state index contributed by atoms with van der Waals surface area (Å²) in [5, 5.41) is 11.6. The highest BCUT2D eigenvalue weighted by Crippen LogP contribution is 2.28. The molecule has 0 unspecified atom stereocenters. The molecule has 2 heterocycles. The molecule has 1 aromatic carbocycles. The zero-order valence-corrected chi connectivity index (χ0v) is 14.8. The van der Waals surface area contributed by atoms with Gasteiger partial charge in [0.15, 0.2) is 5.69 Å². The zero-order valence-electron chi connectivity index (χ0n) is 14.8. The van der Waals surface area contributed by atoms with Gasteiger partial charge in [0.05, 0.1) is 12.7 Å². The summed E-state index contributed by atoms with van der Waals surface area (Å²) in [6.45, 7) is 3.01. The van der Waals surface area contributed by atoms with E-state index in [0.29, 0.717) is 18.3 Å². The molecule has 1 aliphatic carbocycles. The molecule has 0 bridgehead atoms. The number of nitrogens with zero attached hydrogens (tertiary/aromatic N) is 4. The molecule has 1 aromatic heterocycles. The molecule has 6 nitrogen and oxygen atoms in total. The van der Waals surface area contributed by atoms with E-state index in [4.69, 9.17) is 0 Å². The molecule has 2 fully saturated rings. The number of carbonyl (C=O) groups excluding carboxylic acids is 1. The van der Waals surface area contributed by atoms with Crippen LogP contribution in [-0.2, 0) is 6.54 Å². The smallest absolute Gasteiger partial charge is 0.276 e. The minimum atomic E-state index is -0.280. The fourth-order valence-corrected chi connectivity index (χ4v) is 3.40. The Morgan fingerprint density at radius 2 is 2.04 bits per heavy atom. The largest absolute Gasteiger partial charge is 0.337 e. The zero-order chi connectivity index (χ0) is 17.9. The van der Waals surface area contributed by atoms with E-state index in [1.807, 2.05) is 11.0 Å². The van der Waals surface area contributed by atoms with Gasteiger partial charge < -0.3 is 10.2 Å². The molecule has 1 aliphatic heterocycles. The van der Waals surface area contributed by atoms with Crippen LogP contribution in [0.15, 0.2) is 30.5 Å². The fourth-order valence-electron chi connectivity index (χ4n) is 3.40. The average Bonchev–Trinajstić information content (AvgIpc) is 3.37. The SMILES string of the molecule is O=C(c1cn(Cc2cccc(F)c2)nn1)N1CCC(NCC2CC2)CC1. The predicted molar refractivity (Wildman–Crippen MR) is 95.2 cm³/mol. The van der Waals surface area contributed by atoms with Gasteiger partial charge in [-0.15, -0.1) is 5.10 Å². The van der Waals surface area contributed by atoms with E-state index < -0.39 is 0 Å². The van der Waals surface area contributed by atoms with Gasteiger partial charge in [-0.1, -0.05) is 17.3 Å². The van der Waals surface area contributed by atoms with Crippen molar-refractivity contribution in [1.29, 1.82) is 0 Å². The molecule has 1 amide bonds. The summed E-state index contributed by atoms with van der Waals surface area (Å²) in [4.78, 5) is 14.5. The van der Waals surface area contributed by atoms with Crippen LogP contribution in [0.3, 0.4) is 0 Å². The summed E-state index contributed by atoms with van der Waals surface area (Å²) in [5.41, 5.74) is 1.14. The van der Waals surface area contributed by atoms with Gasteiger partial charge >= 0.3 is 0 Å². The summed E-state index contributed by atoms with van der Waals surface area (Å²) in [6, 6.07) is 6.87. The third-order valence-corrected chi connectivity index (χ3v) is 5.17. The molecule has 2 aromatic rings. The van der Waals surface area contributed by atoms with Crippen LogP contribution in [0.5, 0.6) is 0 Å².